The molecule has 3 aromatic carbocycles. The molecule has 7 heteroatoms. The third-order valence-electron chi connectivity index (χ3n) is 4.69. The molecule has 3 aromatic rings. The Morgan fingerprint density at radius 1 is 0.586 bits per heavy atom. The van der Waals surface area contributed by atoms with Gasteiger partial charge in [-0.3, -0.25) is 0 Å². The van der Waals surface area contributed by atoms with Gasteiger partial charge in [0.05, 0.1) is 28.4 Å². The first kappa shape index (κ1) is 20.6. The zero-order chi connectivity index (χ0) is 21.0. The monoisotopic (exact) mass is 394 g/mol. The maximum atomic E-state index is 9.86. The summed E-state index contributed by atoms with van der Waals surface area (Å²) in [5.41, 5.74) is 3.35. The Balaban J connectivity index is 2.26. The van der Waals surface area contributed by atoms with E-state index in [0.717, 1.165) is 22.3 Å². The molecule has 0 bridgehead atoms. The predicted octanol–water partition coefficient (Wildman–Crippen LogP) is 2.73. The molecule has 0 saturated heterocycles. The normalized spacial score (nSPS) is 10.4. The Labute approximate surface area is 170 Å². The van der Waals surface area contributed by atoms with Gasteiger partial charge in [-0.1, -0.05) is 12.1 Å². The Morgan fingerprint density at radius 3 is 1.38 bits per heavy atom. The summed E-state index contributed by atoms with van der Waals surface area (Å²) in [5.74, 6) is 2.60. The lowest BCUT2D eigenvalue weighted by Gasteiger charge is -2.16. The fourth-order valence-corrected chi connectivity index (χ4v) is 3.19. The van der Waals surface area contributed by atoms with E-state index in [1.54, 1.807) is 52.7 Å². The van der Waals surface area contributed by atoms with Gasteiger partial charge in [0.15, 0.2) is 0 Å². The van der Waals surface area contributed by atoms with Crippen molar-refractivity contribution in [1.82, 2.24) is 0 Å². The molecule has 0 amide bonds. The van der Waals surface area contributed by atoms with Crippen LogP contribution >= 0.6 is 0 Å². The smallest absolute Gasteiger partial charge is 0.488 e. The highest BCUT2D eigenvalue weighted by molar-refractivity contribution is 6.58. The van der Waals surface area contributed by atoms with E-state index < -0.39 is 7.12 Å². The molecule has 0 aliphatic rings. The minimum absolute atomic E-state index is 0.340. The second-order valence-electron chi connectivity index (χ2n) is 6.35. The van der Waals surface area contributed by atoms with E-state index >= 15 is 0 Å². The molecular weight excluding hydrogens is 371 g/mol. The highest BCUT2D eigenvalue weighted by Crippen LogP contribution is 2.38. The van der Waals surface area contributed by atoms with Crippen LogP contribution in [0.2, 0.25) is 0 Å². The highest BCUT2D eigenvalue weighted by atomic mass is 16.5. The summed E-state index contributed by atoms with van der Waals surface area (Å²) in [6.45, 7) is 0. The van der Waals surface area contributed by atoms with E-state index in [9.17, 15) is 10.0 Å². The first-order valence-corrected chi connectivity index (χ1v) is 8.96. The van der Waals surface area contributed by atoms with Crippen LogP contribution in [0.3, 0.4) is 0 Å². The summed E-state index contributed by atoms with van der Waals surface area (Å²) < 4.78 is 21.7. The number of hydrogen-bond acceptors (Lipinski definition) is 6. The zero-order valence-corrected chi connectivity index (χ0v) is 16.8. The summed E-state index contributed by atoms with van der Waals surface area (Å²) in [5, 5.41) is 19.7. The average Bonchev–Trinajstić information content (AvgIpc) is 2.77. The molecular formula is C22H23BO6. The first-order valence-electron chi connectivity index (χ1n) is 8.96. The van der Waals surface area contributed by atoms with Crippen LogP contribution in [0, 0.1) is 0 Å². The van der Waals surface area contributed by atoms with E-state index in [1.165, 1.54) is 0 Å². The fourth-order valence-electron chi connectivity index (χ4n) is 3.19. The van der Waals surface area contributed by atoms with Gasteiger partial charge in [0.1, 0.15) is 23.0 Å². The number of rotatable bonds is 7. The van der Waals surface area contributed by atoms with Gasteiger partial charge in [-0.2, -0.15) is 0 Å². The Kier molecular flexibility index (Phi) is 6.31. The summed E-state index contributed by atoms with van der Waals surface area (Å²) in [6.07, 6.45) is 0. The molecule has 150 valence electrons. The molecule has 0 atom stereocenters. The molecule has 6 nitrogen and oxygen atoms in total. The molecule has 0 radical (unpaired) electrons. The molecule has 0 saturated carbocycles. The largest absolute Gasteiger partial charge is 0.497 e. The third-order valence-corrected chi connectivity index (χ3v) is 4.69. The fraction of sp³-hybridized carbons (Fsp3) is 0.182. The first-order chi connectivity index (χ1) is 14.0. The standard InChI is InChI=1S/C22H23BO6/c1-26-17-5-7-21(28-3)19(12-17)14-9-15(11-16(10-14)23(24)25)20-13-18(27-2)6-8-22(20)29-4/h5-13,24-25H,1-4H3. The molecule has 0 spiro atoms. The van der Waals surface area contributed by atoms with Crippen LogP contribution in [0.5, 0.6) is 23.0 Å². The Morgan fingerprint density at radius 2 is 1.03 bits per heavy atom. The van der Waals surface area contributed by atoms with Crippen LogP contribution in [0.1, 0.15) is 0 Å². The van der Waals surface area contributed by atoms with Crippen LogP contribution in [0.15, 0.2) is 54.6 Å². The van der Waals surface area contributed by atoms with Crippen LogP contribution < -0.4 is 24.4 Å². The molecule has 0 unspecified atom stereocenters. The summed E-state index contributed by atoms with van der Waals surface area (Å²) >= 11 is 0. The number of ether oxygens (including phenoxy) is 4. The molecule has 2 N–H and O–H groups in total. The van der Waals surface area contributed by atoms with Crippen LogP contribution in [-0.4, -0.2) is 45.6 Å². The van der Waals surface area contributed by atoms with E-state index in [-0.39, 0.29) is 0 Å². The molecule has 0 heterocycles. The van der Waals surface area contributed by atoms with Gasteiger partial charge < -0.3 is 29.0 Å². The lowest BCUT2D eigenvalue weighted by molar-refractivity contribution is 0.404. The van der Waals surface area contributed by atoms with Crippen molar-refractivity contribution in [3.8, 4) is 45.3 Å². The number of benzene rings is 3. The van der Waals surface area contributed by atoms with Crippen LogP contribution in [0.25, 0.3) is 22.3 Å². The second kappa shape index (κ2) is 8.90. The average molecular weight is 394 g/mol. The molecule has 0 aliphatic carbocycles. The highest BCUT2D eigenvalue weighted by Gasteiger charge is 2.18. The predicted molar refractivity (Wildman–Crippen MR) is 113 cm³/mol. The van der Waals surface area contributed by atoms with Crippen molar-refractivity contribution in [1.29, 1.82) is 0 Å². The number of methoxy groups -OCH3 is 4. The minimum atomic E-state index is -1.64. The maximum Gasteiger partial charge on any atom is 0.488 e. The third kappa shape index (κ3) is 4.31. The van der Waals surface area contributed by atoms with Gasteiger partial charge in [-0.15, -0.1) is 0 Å². The molecule has 29 heavy (non-hydrogen) atoms. The molecule has 0 fully saturated rings. The van der Waals surface area contributed by atoms with E-state index in [1.807, 2.05) is 30.3 Å². The van der Waals surface area contributed by atoms with Gasteiger partial charge in [0, 0.05) is 11.1 Å². The minimum Gasteiger partial charge on any atom is -0.497 e. The lowest BCUT2D eigenvalue weighted by atomic mass is 9.77. The molecule has 3 rings (SSSR count). The van der Waals surface area contributed by atoms with Crippen molar-refractivity contribution in [3.63, 3.8) is 0 Å². The van der Waals surface area contributed by atoms with Gasteiger partial charge in [0.25, 0.3) is 0 Å². The van der Waals surface area contributed by atoms with Crippen molar-refractivity contribution in [2.75, 3.05) is 28.4 Å². The topological polar surface area (TPSA) is 77.4 Å². The SMILES string of the molecule is COc1ccc(OC)c(-c2cc(B(O)O)cc(-c3cc(OC)ccc3OC)c2)c1. The zero-order valence-electron chi connectivity index (χ0n) is 16.8. The van der Waals surface area contributed by atoms with E-state index in [4.69, 9.17) is 18.9 Å². The quantitative estimate of drug-likeness (QED) is 0.601. The van der Waals surface area contributed by atoms with Crippen molar-refractivity contribution < 1.29 is 29.0 Å². The lowest BCUT2D eigenvalue weighted by Crippen LogP contribution is -2.30. The Hall–Kier alpha value is -3.16. The van der Waals surface area contributed by atoms with E-state index in [2.05, 4.69) is 0 Å². The van der Waals surface area contributed by atoms with Crippen molar-refractivity contribution in [3.05, 3.63) is 54.6 Å². The van der Waals surface area contributed by atoms with Crippen LogP contribution in [0.4, 0.5) is 0 Å². The summed E-state index contributed by atoms with van der Waals surface area (Å²) in [7, 11) is 4.71. The van der Waals surface area contributed by atoms with Gasteiger partial charge in [-0.05, 0) is 59.1 Å². The Bertz CT molecular complexity index is 929. The summed E-state index contributed by atoms with van der Waals surface area (Å²) in [4.78, 5) is 0. The molecule has 0 aliphatic heterocycles. The van der Waals surface area contributed by atoms with Crippen LogP contribution in [-0.2, 0) is 0 Å². The summed E-state index contributed by atoms with van der Waals surface area (Å²) in [6, 6.07) is 16.3. The van der Waals surface area contributed by atoms with Gasteiger partial charge >= 0.3 is 7.12 Å². The molecule has 0 aromatic heterocycles. The maximum absolute atomic E-state index is 9.86. The van der Waals surface area contributed by atoms with Gasteiger partial charge in [-0.25, -0.2) is 0 Å². The second-order valence-corrected chi connectivity index (χ2v) is 6.35. The van der Waals surface area contributed by atoms with Crippen molar-refractivity contribution >= 4 is 12.6 Å². The van der Waals surface area contributed by atoms with Crippen molar-refractivity contribution in [2.24, 2.45) is 0 Å². The van der Waals surface area contributed by atoms with Gasteiger partial charge in [0.2, 0.25) is 0 Å². The van der Waals surface area contributed by atoms with E-state index in [0.29, 0.717) is 28.5 Å². The number of hydrogen-bond donors (Lipinski definition) is 2. The van der Waals surface area contributed by atoms with Crippen molar-refractivity contribution in [2.45, 2.75) is 0 Å².